The summed E-state index contributed by atoms with van der Waals surface area (Å²) in [4.78, 5) is 44.5. The summed E-state index contributed by atoms with van der Waals surface area (Å²) in [5, 5.41) is 0. The van der Waals surface area contributed by atoms with Gasteiger partial charge in [0.15, 0.2) is 11.4 Å². The number of hydrogen-bond acceptors (Lipinski definition) is 6. The van der Waals surface area contributed by atoms with Crippen molar-refractivity contribution >= 4 is 16.9 Å². The molecule has 2 rings (SSSR count). The second-order valence-corrected chi connectivity index (χ2v) is 6.73. The zero-order valence-electron chi connectivity index (χ0n) is 15.7. The molecule has 9 heteroatoms. The summed E-state index contributed by atoms with van der Waals surface area (Å²) in [7, 11) is 2.93. The molecule has 2 aromatic heterocycles. The first-order valence-corrected chi connectivity index (χ1v) is 8.96. The maximum atomic E-state index is 12.7. The lowest BCUT2D eigenvalue weighted by Gasteiger charge is -2.25. The number of carbonyl (C=O) groups excluding carboxylic acids is 1. The van der Waals surface area contributed by atoms with E-state index in [1.165, 1.54) is 18.7 Å². The van der Waals surface area contributed by atoms with Gasteiger partial charge in [-0.3, -0.25) is 18.7 Å². The predicted molar refractivity (Wildman–Crippen MR) is 99.9 cm³/mol. The number of aromatic amines is 1. The molecule has 0 saturated heterocycles. The lowest BCUT2D eigenvalue weighted by Crippen LogP contribution is -2.46. The number of carbonyl (C=O) groups is 1. The van der Waals surface area contributed by atoms with Crippen LogP contribution in [0.2, 0.25) is 0 Å². The molecule has 0 fully saturated rings. The monoisotopic (exact) mass is 364 g/mol. The van der Waals surface area contributed by atoms with Gasteiger partial charge in [0.05, 0.1) is 0 Å². The molecule has 0 aliphatic carbocycles. The molecule has 0 aromatic carbocycles. The summed E-state index contributed by atoms with van der Waals surface area (Å²) >= 11 is 0. The number of nitrogens with zero attached hydrogens (tertiary/aromatic N) is 3. The normalized spacial score (nSPS) is 13.9. The van der Waals surface area contributed by atoms with Crippen LogP contribution in [0, 0.1) is 0 Å². The number of Topliss-reactive ketones (excluding diaryl/α,β-unsaturated/α-hetero) is 1. The molecule has 26 heavy (non-hydrogen) atoms. The molecule has 9 nitrogen and oxygen atoms in total. The van der Waals surface area contributed by atoms with E-state index < -0.39 is 16.8 Å². The van der Waals surface area contributed by atoms with E-state index in [1.807, 2.05) is 6.92 Å². The first kappa shape index (κ1) is 20.1. The van der Waals surface area contributed by atoms with Crippen LogP contribution in [0.4, 0.5) is 0 Å². The second-order valence-electron chi connectivity index (χ2n) is 6.73. The van der Waals surface area contributed by atoms with Gasteiger partial charge in [-0.2, -0.15) is 0 Å². The van der Waals surface area contributed by atoms with E-state index >= 15 is 0 Å². The standard InChI is InChI=1S/C17H28N6O3/c1-4-8-11(24)17(19,9-6-5-7-10-18)15-20-12-13(21-15)22(2)16(26)23(3)14(12)25/h4-10,18-19H2,1-3H3,(H,20,21). The Kier molecular flexibility index (Phi) is 6.14. The van der Waals surface area contributed by atoms with Gasteiger partial charge in [0.25, 0.3) is 5.56 Å². The lowest BCUT2D eigenvalue weighted by molar-refractivity contribution is -0.125. The number of hydrogen-bond donors (Lipinski definition) is 3. The summed E-state index contributed by atoms with van der Waals surface area (Å²) < 4.78 is 2.27. The van der Waals surface area contributed by atoms with Crippen molar-refractivity contribution in [2.45, 2.75) is 51.0 Å². The Morgan fingerprint density at radius 2 is 1.88 bits per heavy atom. The fourth-order valence-electron chi connectivity index (χ4n) is 3.10. The van der Waals surface area contributed by atoms with E-state index in [9.17, 15) is 14.4 Å². The van der Waals surface area contributed by atoms with Crippen molar-refractivity contribution in [2.24, 2.45) is 25.6 Å². The van der Waals surface area contributed by atoms with Gasteiger partial charge in [0, 0.05) is 20.5 Å². The minimum Gasteiger partial charge on any atom is -0.334 e. The molecule has 0 amide bonds. The van der Waals surface area contributed by atoms with Crippen molar-refractivity contribution < 1.29 is 4.79 Å². The van der Waals surface area contributed by atoms with E-state index in [0.717, 1.165) is 23.8 Å². The van der Waals surface area contributed by atoms with Gasteiger partial charge in [0.2, 0.25) is 0 Å². The number of nitrogens with two attached hydrogens (primary N) is 2. The lowest BCUT2D eigenvalue weighted by atomic mass is 9.86. The largest absolute Gasteiger partial charge is 0.334 e. The van der Waals surface area contributed by atoms with Gasteiger partial charge in [-0.15, -0.1) is 0 Å². The Balaban J connectivity index is 2.56. The summed E-state index contributed by atoms with van der Waals surface area (Å²) in [6, 6.07) is 0. The first-order chi connectivity index (χ1) is 12.3. The quantitative estimate of drug-likeness (QED) is 0.535. The van der Waals surface area contributed by atoms with Crippen LogP contribution in [0.25, 0.3) is 11.2 Å². The SMILES string of the molecule is CCCC(=O)C(N)(CCCCCN)c1nc2c([nH]1)c(=O)n(C)c(=O)n2C. The van der Waals surface area contributed by atoms with E-state index in [2.05, 4.69) is 9.97 Å². The molecule has 0 aliphatic rings. The average Bonchev–Trinajstić information content (AvgIpc) is 3.08. The molecule has 2 heterocycles. The highest BCUT2D eigenvalue weighted by Crippen LogP contribution is 2.27. The number of ketones is 1. The van der Waals surface area contributed by atoms with Crippen molar-refractivity contribution in [2.75, 3.05) is 6.54 Å². The van der Waals surface area contributed by atoms with Gasteiger partial charge >= 0.3 is 5.69 Å². The third-order valence-corrected chi connectivity index (χ3v) is 4.77. The maximum absolute atomic E-state index is 12.7. The smallest absolute Gasteiger partial charge is 0.332 e. The summed E-state index contributed by atoms with van der Waals surface area (Å²) in [5.41, 5.74) is 10.1. The topological polar surface area (TPSA) is 142 Å². The fourth-order valence-corrected chi connectivity index (χ4v) is 3.10. The number of aryl methyl sites for hydroxylation is 1. The summed E-state index contributed by atoms with van der Waals surface area (Å²) in [6.45, 7) is 2.49. The molecule has 0 saturated carbocycles. The van der Waals surface area contributed by atoms with Crippen LogP contribution in [0.3, 0.4) is 0 Å². The Hall–Kier alpha value is -2.26. The third kappa shape index (κ3) is 3.49. The molecular formula is C17H28N6O3. The molecule has 0 aliphatic heterocycles. The molecule has 1 atom stereocenters. The van der Waals surface area contributed by atoms with Crippen LogP contribution < -0.4 is 22.7 Å². The van der Waals surface area contributed by atoms with Crippen molar-refractivity contribution in [3.8, 4) is 0 Å². The van der Waals surface area contributed by atoms with Crippen molar-refractivity contribution in [3.63, 3.8) is 0 Å². The summed E-state index contributed by atoms with van der Waals surface area (Å²) in [6.07, 6.45) is 3.82. The van der Waals surface area contributed by atoms with Crippen LogP contribution in [-0.4, -0.2) is 31.4 Å². The minimum absolute atomic E-state index is 0.131. The molecule has 5 N–H and O–H groups in total. The van der Waals surface area contributed by atoms with E-state index in [4.69, 9.17) is 11.5 Å². The number of fused-ring (bicyclic) bond motifs is 1. The van der Waals surface area contributed by atoms with Crippen molar-refractivity contribution in [3.05, 3.63) is 26.7 Å². The Bertz CT molecular complexity index is 910. The van der Waals surface area contributed by atoms with Gasteiger partial charge in [-0.05, 0) is 25.8 Å². The number of imidazole rings is 1. The highest BCUT2D eigenvalue weighted by atomic mass is 16.2. The molecule has 1 unspecified atom stereocenters. The van der Waals surface area contributed by atoms with Crippen LogP contribution in [0.5, 0.6) is 0 Å². The Morgan fingerprint density at radius 3 is 2.50 bits per heavy atom. The number of rotatable bonds is 9. The van der Waals surface area contributed by atoms with Gasteiger partial charge in [-0.25, -0.2) is 9.78 Å². The van der Waals surface area contributed by atoms with E-state index in [0.29, 0.717) is 25.8 Å². The van der Waals surface area contributed by atoms with E-state index in [-0.39, 0.29) is 22.8 Å². The van der Waals surface area contributed by atoms with Crippen molar-refractivity contribution in [1.29, 1.82) is 0 Å². The third-order valence-electron chi connectivity index (χ3n) is 4.77. The average molecular weight is 364 g/mol. The number of nitrogens with one attached hydrogen (secondary N) is 1. The second kappa shape index (κ2) is 7.96. The molecule has 0 radical (unpaired) electrons. The Labute approximate surface area is 151 Å². The van der Waals surface area contributed by atoms with Gasteiger partial charge < -0.3 is 16.5 Å². The number of unbranched alkanes of at least 4 members (excludes halogenated alkanes) is 2. The van der Waals surface area contributed by atoms with Gasteiger partial charge in [0.1, 0.15) is 16.9 Å². The Morgan fingerprint density at radius 1 is 1.19 bits per heavy atom. The van der Waals surface area contributed by atoms with Crippen LogP contribution >= 0.6 is 0 Å². The van der Waals surface area contributed by atoms with Crippen LogP contribution in [0.1, 0.15) is 51.3 Å². The maximum Gasteiger partial charge on any atom is 0.332 e. The van der Waals surface area contributed by atoms with Crippen molar-refractivity contribution in [1.82, 2.24) is 19.1 Å². The first-order valence-electron chi connectivity index (χ1n) is 8.96. The summed E-state index contributed by atoms with van der Waals surface area (Å²) in [5.74, 6) is 0.102. The highest BCUT2D eigenvalue weighted by molar-refractivity contribution is 5.89. The van der Waals surface area contributed by atoms with Crippen LogP contribution in [-0.2, 0) is 24.4 Å². The molecule has 144 valence electrons. The number of aromatic nitrogens is 4. The highest BCUT2D eigenvalue weighted by Gasteiger charge is 2.38. The van der Waals surface area contributed by atoms with Crippen LogP contribution in [0.15, 0.2) is 9.59 Å². The predicted octanol–water partition coefficient (Wildman–Crippen LogP) is 0.00260. The fraction of sp³-hybridized carbons (Fsp3) is 0.647. The van der Waals surface area contributed by atoms with Gasteiger partial charge in [-0.1, -0.05) is 19.8 Å². The number of H-pyrrole nitrogens is 1. The molecule has 2 aromatic rings. The molecule has 0 spiro atoms. The minimum atomic E-state index is -1.31. The zero-order valence-corrected chi connectivity index (χ0v) is 15.7. The molecular weight excluding hydrogens is 336 g/mol. The van der Waals surface area contributed by atoms with E-state index in [1.54, 1.807) is 0 Å². The molecule has 0 bridgehead atoms. The zero-order chi connectivity index (χ0) is 19.5.